The molecular weight excluding hydrogens is 450 g/mol. The number of rotatable bonds is 6. The Kier molecular flexibility index (Phi) is 5.47. The smallest absolute Gasteiger partial charge is 0.268 e. The fourth-order valence-corrected chi connectivity index (χ4v) is 6.06. The number of amides is 1. The summed E-state index contributed by atoms with van der Waals surface area (Å²) in [5.74, 6) is 0.823. The van der Waals surface area contributed by atoms with Crippen molar-refractivity contribution in [3.63, 3.8) is 0 Å². The Balaban J connectivity index is 1.54. The van der Waals surface area contributed by atoms with Gasteiger partial charge in [-0.15, -0.1) is 0 Å². The minimum atomic E-state index is -3.67. The average Bonchev–Trinajstić information content (AvgIpc) is 3.48. The Hall–Kier alpha value is -3.20. The molecule has 8 nitrogen and oxygen atoms in total. The number of hydrogen-bond donors (Lipinski definition) is 1. The van der Waals surface area contributed by atoms with Crippen molar-refractivity contribution in [2.75, 3.05) is 11.4 Å². The van der Waals surface area contributed by atoms with Gasteiger partial charge in [-0.05, 0) is 57.2 Å². The molecule has 2 aliphatic rings. The number of nitrogens with zero attached hydrogens (tertiary/aromatic N) is 4. The third-order valence-electron chi connectivity index (χ3n) is 6.53. The lowest BCUT2D eigenvalue weighted by atomic mass is 9.97. The number of carbonyl (C=O) groups excluding carboxylic acids is 1. The summed E-state index contributed by atoms with van der Waals surface area (Å²) < 4.78 is 28.8. The minimum absolute atomic E-state index is 0.227. The summed E-state index contributed by atoms with van der Waals surface area (Å²) in [6.07, 6.45) is 3.96. The van der Waals surface area contributed by atoms with Crippen molar-refractivity contribution in [3.8, 4) is 17.1 Å². The van der Waals surface area contributed by atoms with Crippen LogP contribution >= 0.6 is 0 Å². The second-order valence-electron chi connectivity index (χ2n) is 9.96. The number of sulfonamides is 1. The predicted molar refractivity (Wildman–Crippen MR) is 131 cm³/mol. The van der Waals surface area contributed by atoms with Crippen molar-refractivity contribution in [2.45, 2.75) is 50.8 Å². The van der Waals surface area contributed by atoms with Crippen LogP contribution in [0.25, 0.3) is 17.1 Å². The Morgan fingerprint density at radius 1 is 1.09 bits per heavy atom. The molecule has 2 fully saturated rings. The van der Waals surface area contributed by atoms with Crippen LogP contribution < -0.4 is 9.62 Å². The third-order valence-corrected chi connectivity index (χ3v) is 8.34. The van der Waals surface area contributed by atoms with Crippen molar-refractivity contribution < 1.29 is 13.2 Å². The van der Waals surface area contributed by atoms with E-state index in [1.54, 1.807) is 16.8 Å². The van der Waals surface area contributed by atoms with E-state index < -0.39 is 21.2 Å². The van der Waals surface area contributed by atoms with Gasteiger partial charge in [0, 0.05) is 23.8 Å². The van der Waals surface area contributed by atoms with E-state index in [1.165, 1.54) is 0 Å². The Morgan fingerprint density at radius 3 is 2.47 bits per heavy atom. The molecule has 1 aromatic carbocycles. The van der Waals surface area contributed by atoms with Crippen LogP contribution in [0.2, 0.25) is 0 Å². The number of pyridine rings is 1. The van der Waals surface area contributed by atoms with E-state index in [9.17, 15) is 13.2 Å². The molecule has 5 rings (SSSR count). The summed E-state index contributed by atoms with van der Waals surface area (Å²) in [4.78, 5) is 20.1. The first-order chi connectivity index (χ1) is 16.1. The second-order valence-corrected chi connectivity index (χ2v) is 11.9. The van der Waals surface area contributed by atoms with Crippen LogP contribution in [-0.4, -0.2) is 46.4 Å². The molecule has 1 amide bonds. The molecule has 0 radical (unpaired) electrons. The van der Waals surface area contributed by atoms with Gasteiger partial charge in [-0.2, -0.15) is 5.10 Å². The first-order valence-corrected chi connectivity index (χ1v) is 13.1. The van der Waals surface area contributed by atoms with Crippen molar-refractivity contribution in [2.24, 2.45) is 5.92 Å². The highest BCUT2D eigenvalue weighted by molar-refractivity contribution is 7.91. The molecule has 0 spiro atoms. The lowest BCUT2D eigenvalue weighted by Gasteiger charge is -2.34. The monoisotopic (exact) mass is 479 g/mol. The van der Waals surface area contributed by atoms with Gasteiger partial charge in [-0.25, -0.2) is 22.8 Å². The van der Waals surface area contributed by atoms with Crippen LogP contribution in [0.15, 0.2) is 54.7 Å². The van der Waals surface area contributed by atoms with E-state index >= 15 is 0 Å². The normalized spacial score (nSPS) is 19.9. The zero-order valence-electron chi connectivity index (χ0n) is 19.6. The largest absolute Gasteiger partial charge is 0.350 e. The van der Waals surface area contributed by atoms with Crippen LogP contribution in [0, 0.1) is 5.92 Å². The van der Waals surface area contributed by atoms with Crippen molar-refractivity contribution >= 4 is 21.7 Å². The third kappa shape index (κ3) is 4.32. The lowest BCUT2D eigenvalue weighted by molar-refractivity contribution is 0.0981. The number of aromatic nitrogens is 3. The van der Waals surface area contributed by atoms with E-state index in [1.807, 2.05) is 42.6 Å². The molecule has 1 saturated heterocycles. The van der Waals surface area contributed by atoms with Crippen LogP contribution in [0.1, 0.15) is 50.4 Å². The Labute approximate surface area is 200 Å². The van der Waals surface area contributed by atoms with Gasteiger partial charge >= 0.3 is 0 Å². The van der Waals surface area contributed by atoms with E-state index in [-0.39, 0.29) is 11.1 Å². The molecule has 2 aromatic heterocycles. The molecule has 0 unspecified atom stereocenters. The summed E-state index contributed by atoms with van der Waals surface area (Å²) in [7, 11) is -3.67. The van der Waals surface area contributed by atoms with Gasteiger partial charge in [0.2, 0.25) is 10.0 Å². The molecular formula is C25H29N5O3S. The van der Waals surface area contributed by atoms with Gasteiger partial charge in [-0.3, -0.25) is 4.79 Å². The summed E-state index contributed by atoms with van der Waals surface area (Å²) in [6.45, 7) is 7.14. The summed E-state index contributed by atoms with van der Waals surface area (Å²) >= 11 is 0. The van der Waals surface area contributed by atoms with E-state index in [2.05, 4.69) is 35.5 Å². The van der Waals surface area contributed by atoms with Crippen molar-refractivity contribution in [1.82, 2.24) is 19.5 Å². The zero-order chi connectivity index (χ0) is 24.1. The topological polar surface area (TPSA) is 97.2 Å². The average molecular weight is 480 g/mol. The number of nitrogens with one attached hydrogen (secondary N) is 1. The zero-order valence-corrected chi connectivity index (χ0v) is 20.4. The van der Waals surface area contributed by atoms with Gasteiger partial charge in [0.15, 0.2) is 5.82 Å². The first kappa shape index (κ1) is 22.6. The fourth-order valence-electron chi connectivity index (χ4n) is 4.77. The highest BCUT2D eigenvalue weighted by atomic mass is 32.2. The molecule has 9 heteroatoms. The molecule has 1 saturated carbocycles. The highest BCUT2D eigenvalue weighted by Crippen LogP contribution is 2.38. The molecule has 1 aliphatic heterocycles. The standard InChI is InChI=1S/C25H29N5O3S/c1-17-15-25(2,3)29(16-17)23-20(24(31)28-34(32,33)19-9-10-19)11-12-22(26-23)30-14-13-21(27-30)18-7-5-4-6-8-18/h4-8,11-14,17,19H,9-10,15-16H2,1-3H3,(H,28,31)/t17-/m0/s1. The molecule has 34 heavy (non-hydrogen) atoms. The maximum Gasteiger partial charge on any atom is 0.268 e. The van der Waals surface area contributed by atoms with E-state index in [0.717, 1.165) is 24.2 Å². The molecule has 3 heterocycles. The summed E-state index contributed by atoms with van der Waals surface area (Å²) in [6, 6.07) is 15.1. The van der Waals surface area contributed by atoms with Gasteiger partial charge in [0.1, 0.15) is 5.82 Å². The van der Waals surface area contributed by atoms with Crippen LogP contribution in [0.3, 0.4) is 0 Å². The van der Waals surface area contributed by atoms with E-state index in [4.69, 9.17) is 4.98 Å². The fraction of sp³-hybridized carbons (Fsp3) is 0.400. The van der Waals surface area contributed by atoms with Gasteiger partial charge < -0.3 is 4.90 Å². The number of hydrogen-bond acceptors (Lipinski definition) is 6. The van der Waals surface area contributed by atoms with E-state index in [0.29, 0.717) is 30.4 Å². The summed E-state index contributed by atoms with van der Waals surface area (Å²) in [5, 5.41) is 4.20. The number of anilines is 1. The Bertz CT molecular complexity index is 1330. The quantitative estimate of drug-likeness (QED) is 0.578. The first-order valence-electron chi connectivity index (χ1n) is 11.6. The maximum atomic E-state index is 13.1. The van der Waals surface area contributed by atoms with Crippen LogP contribution in [0.4, 0.5) is 5.82 Å². The summed E-state index contributed by atoms with van der Waals surface area (Å²) in [5.41, 5.74) is 1.84. The van der Waals surface area contributed by atoms with Crippen molar-refractivity contribution in [3.05, 3.63) is 60.3 Å². The molecule has 1 N–H and O–H groups in total. The molecule has 1 aliphatic carbocycles. The second kappa shape index (κ2) is 8.23. The maximum absolute atomic E-state index is 13.1. The number of carbonyl (C=O) groups is 1. The molecule has 178 valence electrons. The van der Waals surface area contributed by atoms with Crippen LogP contribution in [-0.2, 0) is 10.0 Å². The SMILES string of the molecule is C[C@@H]1CN(c2nc(-n3ccc(-c4ccccc4)n3)ccc2C(=O)NS(=O)(=O)C2CC2)C(C)(C)C1. The number of benzene rings is 1. The molecule has 1 atom stereocenters. The molecule has 0 bridgehead atoms. The van der Waals surface area contributed by atoms with Gasteiger partial charge in [0.25, 0.3) is 5.91 Å². The minimum Gasteiger partial charge on any atom is -0.350 e. The Morgan fingerprint density at radius 2 is 1.82 bits per heavy atom. The predicted octanol–water partition coefficient (Wildman–Crippen LogP) is 3.78. The highest BCUT2D eigenvalue weighted by Gasteiger charge is 2.41. The van der Waals surface area contributed by atoms with Gasteiger partial charge in [-0.1, -0.05) is 37.3 Å². The molecule has 3 aromatic rings. The van der Waals surface area contributed by atoms with Crippen molar-refractivity contribution in [1.29, 1.82) is 0 Å². The lowest BCUT2D eigenvalue weighted by Crippen LogP contribution is -2.41. The van der Waals surface area contributed by atoms with Crippen LogP contribution in [0.5, 0.6) is 0 Å². The van der Waals surface area contributed by atoms with Gasteiger partial charge in [0.05, 0.1) is 16.5 Å².